The van der Waals surface area contributed by atoms with Gasteiger partial charge in [0.2, 0.25) is 5.91 Å². The quantitative estimate of drug-likeness (QED) is 0.597. The molecule has 4 aliphatic rings. The van der Waals surface area contributed by atoms with E-state index < -0.39 is 5.54 Å². The summed E-state index contributed by atoms with van der Waals surface area (Å²) in [6.45, 7) is 0.492. The number of carbonyl (C=O) groups excluding carboxylic acids is 3. The van der Waals surface area contributed by atoms with Gasteiger partial charge in [-0.05, 0) is 11.6 Å². The van der Waals surface area contributed by atoms with Gasteiger partial charge in [-0.15, -0.1) is 0 Å². The lowest BCUT2D eigenvalue weighted by Crippen LogP contribution is -2.54. The van der Waals surface area contributed by atoms with Crippen LogP contribution in [0.25, 0.3) is 0 Å². The zero-order valence-corrected chi connectivity index (χ0v) is 10.1. The van der Waals surface area contributed by atoms with Crippen LogP contribution in [0.15, 0.2) is 35.1 Å². The minimum Gasteiger partial charge on any atom is -0.431 e. The third-order valence-corrected chi connectivity index (χ3v) is 4.32. The Hall–Kier alpha value is -2.17. The first-order valence-corrected chi connectivity index (χ1v) is 6.29. The number of amides is 1. The summed E-state index contributed by atoms with van der Waals surface area (Å²) < 4.78 is 5.23. The monoisotopic (exact) mass is 257 g/mol. The van der Waals surface area contributed by atoms with E-state index in [9.17, 15) is 14.4 Å². The number of allylic oxidation sites excluding steroid dienone is 1. The number of ether oxygens (including phenoxy) is 1. The molecule has 1 aliphatic carbocycles. The molecule has 4 rings (SSSR count). The molecule has 0 bridgehead atoms. The van der Waals surface area contributed by atoms with Crippen molar-refractivity contribution in [1.82, 2.24) is 4.90 Å². The molecule has 0 fully saturated rings. The molecule has 0 aromatic rings. The smallest absolute Gasteiger partial charge is 0.315 e. The van der Waals surface area contributed by atoms with Gasteiger partial charge >= 0.3 is 5.97 Å². The second-order valence-corrected chi connectivity index (χ2v) is 5.23. The van der Waals surface area contributed by atoms with Crippen molar-refractivity contribution < 1.29 is 19.1 Å². The van der Waals surface area contributed by atoms with Crippen molar-refractivity contribution in [2.75, 3.05) is 6.54 Å². The Balaban J connectivity index is 1.95. The normalized spacial score (nSPS) is 32.1. The highest BCUT2D eigenvalue weighted by atomic mass is 16.5. The fourth-order valence-corrected chi connectivity index (χ4v) is 3.57. The molecule has 0 N–H and O–H groups in total. The van der Waals surface area contributed by atoms with Gasteiger partial charge in [0.25, 0.3) is 0 Å². The SMILES string of the molecule is O=C1C=CC2=CC(=O)N3CCC4=C(CC(=O)O4)C23C1. The number of hydrogen-bond donors (Lipinski definition) is 0. The van der Waals surface area contributed by atoms with Gasteiger partial charge < -0.3 is 9.64 Å². The van der Waals surface area contributed by atoms with Gasteiger partial charge in [0, 0.05) is 31.0 Å². The van der Waals surface area contributed by atoms with Gasteiger partial charge in [-0.1, -0.05) is 6.08 Å². The Bertz CT molecular complexity index is 640. The Kier molecular flexibility index (Phi) is 1.82. The molecule has 1 spiro atoms. The number of carbonyl (C=O) groups is 3. The summed E-state index contributed by atoms with van der Waals surface area (Å²) in [4.78, 5) is 37.2. The van der Waals surface area contributed by atoms with Crippen LogP contribution in [0.3, 0.4) is 0 Å². The van der Waals surface area contributed by atoms with E-state index in [-0.39, 0.29) is 30.5 Å². The predicted octanol–water partition coefficient (Wildman–Crippen LogP) is 0.627. The molecule has 1 atom stereocenters. The van der Waals surface area contributed by atoms with Gasteiger partial charge in [0.05, 0.1) is 6.42 Å². The number of esters is 1. The Morgan fingerprint density at radius 2 is 2.05 bits per heavy atom. The first-order chi connectivity index (χ1) is 9.11. The third kappa shape index (κ3) is 1.17. The first-order valence-electron chi connectivity index (χ1n) is 6.29. The molecule has 5 nitrogen and oxygen atoms in total. The standard InChI is InChI=1S/C14H11NO4/c16-9-2-1-8-5-12(17)15-4-3-11-10(6-13(18)19-11)14(8,15)7-9/h1-2,5H,3-4,6-7H2. The Morgan fingerprint density at radius 3 is 2.89 bits per heavy atom. The zero-order valence-electron chi connectivity index (χ0n) is 10.1. The predicted molar refractivity (Wildman–Crippen MR) is 63.6 cm³/mol. The van der Waals surface area contributed by atoms with Crippen molar-refractivity contribution in [3.63, 3.8) is 0 Å². The Labute approximate surface area is 109 Å². The van der Waals surface area contributed by atoms with E-state index in [4.69, 9.17) is 4.74 Å². The molecule has 96 valence electrons. The largest absolute Gasteiger partial charge is 0.431 e. The topological polar surface area (TPSA) is 63.7 Å². The molecule has 0 aromatic heterocycles. The molecule has 1 unspecified atom stereocenters. The highest BCUT2D eigenvalue weighted by Crippen LogP contribution is 2.50. The summed E-state index contributed by atoms with van der Waals surface area (Å²) in [5.41, 5.74) is 0.865. The summed E-state index contributed by atoms with van der Waals surface area (Å²) in [6.07, 6.45) is 5.71. The Morgan fingerprint density at radius 1 is 1.21 bits per heavy atom. The van der Waals surface area contributed by atoms with E-state index in [0.29, 0.717) is 18.7 Å². The van der Waals surface area contributed by atoms with E-state index in [1.165, 1.54) is 6.08 Å². The maximum absolute atomic E-state index is 12.1. The molecule has 19 heavy (non-hydrogen) atoms. The average molecular weight is 257 g/mol. The highest BCUT2D eigenvalue weighted by molar-refractivity contribution is 6.02. The maximum Gasteiger partial charge on any atom is 0.315 e. The summed E-state index contributed by atoms with van der Waals surface area (Å²) in [6, 6.07) is 0. The highest BCUT2D eigenvalue weighted by Gasteiger charge is 2.56. The minimum atomic E-state index is -0.747. The van der Waals surface area contributed by atoms with Crippen molar-refractivity contribution >= 4 is 17.7 Å². The van der Waals surface area contributed by atoms with Gasteiger partial charge in [-0.2, -0.15) is 0 Å². The molecule has 5 heteroatoms. The molecule has 0 saturated carbocycles. The zero-order chi connectivity index (χ0) is 13.2. The third-order valence-electron chi connectivity index (χ3n) is 4.32. The van der Waals surface area contributed by atoms with Crippen molar-refractivity contribution in [3.8, 4) is 0 Å². The van der Waals surface area contributed by atoms with Crippen LogP contribution in [0.4, 0.5) is 0 Å². The van der Waals surface area contributed by atoms with Crippen molar-refractivity contribution in [1.29, 1.82) is 0 Å². The van der Waals surface area contributed by atoms with Crippen LogP contribution in [0, 0.1) is 0 Å². The second-order valence-electron chi connectivity index (χ2n) is 5.23. The molecule has 3 aliphatic heterocycles. The van der Waals surface area contributed by atoms with Gasteiger partial charge in [0.15, 0.2) is 5.78 Å². The van der Waals surface area contributed by atoms with Crippen LogP contribution in [0.5, 0.6) is 0 Å². The van der Waals surface area contributed by atoms with E-state index >= 15 is 0 Å². The molecule has 0 saturated heterocycles. The maximum atomic E-state index is 12.1. The summed E-state index contributed by atoms with van der Waals surface area (Å²) in [5, 5.41) is 0. The number of hydrogen-bond acceptors (Lipinski definition) is 4. The van der Waals surface area contributed by atoms with Gasteiger partial charge in [-0.25, -0.2) is 0 Å². The number of rotatable bonds is 0. The number of nitrogens with zero attached hydrogens (tertiary/aromatic N) is 1. The summed E-state index contributed by atoms with van der Waals surface area (Å²) in [7, 11) is 0. The van der Waals surface area contributed by atoms with E-state index in [1.54, 1.807) is 17.1 Å². The molecule has 0 radical (unpaired) electrons. The van der Waals surface area contributed by atoms with Gasteiger partial charge in [0.1, 0.15) is 11.3 Å². The summed E-state index contributed by atoms with van der Waals surface area (Å²) in [5.74, 6) is 0.261. The molecule has 1 amide bonds. The van der Waals surface area contributed by atoms with Crippen molar-refractivity contribution in [2.24, 2.45) is 0 Å². The average Bonchev–Trinajstić information content (AvgIpc) is 2.86. The first kappa shape index (κ1) is 10.7. The lowest BCUT2D eigenvalue weighted by atomic mass is 9.72. The van der Waals surface area contributed by atoms with Gasteiger partial charge in [-0.3, -0.25) is 14.4 Å². The fourth-order valence-electron chi connectivity index (χ4n) is 3.57. The van der Waals surface area contributed by atoms with Crippen LogP contribution in [0.2, 0.25) is 0 Å². The lowest BCUT2D eigenvalue weighted by molar-refractivity contribution is -0.136. The van der Waals surface area contributed by atoms with Crippen LogP contribution in [-0.2, 0) is 19.1 Å². The van der Waals surface area contributed by atoms with Crippen LogP contribution in [0.1, 0.15) is 19.3 Å². The van der Waals surface area contributed by atoms with E-state index in [0.717, 1.165) is 11.1 Å². The minimum absolute atomic E-state index is 0.0232. The molecule has 3 heterocycles. The van der Waals surface area contributed by atoms with E-state index in [2.05, 4.69) is 0 Å². The number of ketones is 1. The molecular formula is C14H11NO4. The van der Waals surface area contributed by atoms with Crippen molar-refractivity contribution in [3.05, 3.63) is 35.1 Å². The van der Waals surface area contributed by atoms with Crippen molar-refractivity contribution in [2.45, 2.75) is 24.8 Å². The van der Waals surface area contributed by atoms with Crippen LogP contribution >= 0.6 is 0 Å². The second kappa shape index (κ2) is 3.23. The van der Waals surface area contributed by atoms with Crippen LogP contribution in [-0.4, -0.2) is 34.6 Å². The fraction of sp³-hybridized carbons (Fsp3) is 0.357. The van der Waals surface area contributed by atoms with Crippen LogP contribution < -0.4 is 0 Å². The molecule has 0 aromatic carbocycles. The lowest BCUT2D eigenvalue weighted by Gasteiger charge is -2.44. The van der Waals surface area contributed by atoms with E-state index in [1.807, 2.05) is 0 Å². The summed E-state index contributed by atoms with van der Waals surface area (Å²) >= 11 is 0. The molecular weight excluding hydrogens is 246 g/mol.